The summed E-state index contributed by atoms with van der Waals surface area (Å²) in [6, 6.07) is 14.1. The maximum absolute atomic E-state index is 12.2. The quantitative estimate of drug-likeness (QED) is 0.304. The molecular formula is C20H25F3IN3O2. The van der Waals surface area contributed by atoms with Crippen LogP contribution in [0.15, 0.2) is 53.5 Å². The highest BCUT2D eigenvalue weighted by Gasteiger charge is 2.28. The van der Waals surface area contributed by atoms with Crippen molar-refractivity contribution in [1.82, 2.24) is 10.6 Å². The van der Waals surface area contributed by atoms with Crippen molar-refractivity contribution < 1.29 is 22.6 Å². The van der Waals surface area contributed by atoms with Crippen LogP contribution in [0.3, 0.4) is 0 Å². The number of rotatable bonds is 8. The van der Waals surface area contributed by atoms with Crippen molar-refractivity contribution in [3.63, 3.8) is 0 Å². The molecule has 0 atom stereocenters. The van der Waals surface area contributed by atoms with E-state index in [1.54, 1.807) is 19.2 Å². The van der Waals surface area contributed by atoms with Crippen LogP contribution in [0.25, 0.3) is 0 Å². The Morgan fingerprint density at radius 1 is 1.03 bits per heavy atom. The molecule has 0 spiro atoms. The van der Waals surface area contributed by atoms with E-state index in [4.69, 9.17) is 9.47 Å². The van der Waals surface area contributed by atoms with E-state index >= 15 is 0 Å². The molecule has 0 amide bonds. The van der Waals surface area contributed by atoms with Crippen LogP contribution in [0.1, 0.15) is 18.1 Å². The van der Waals surface area contributed by atoms with Crippen LogP contribution in [0.5, 0.6) is 11.5 Å². The molecule has 0 saturated heterocycles. The molecular weight excluding hydrogens is 498 g/mol. The third-order valence-electron chi connectivity index (χ3n) is 3.73. The zero-order chi connectivity index (χ0) is 20.4. The van der Waals surface area contributed by atoms with Crippen LogP contribution < -0.4 is 20.1 Å². The molecule has 0 radical (unpaired) electrons. The third kappa shape index (κ3) is 9.25. The summed E-state index contributed by atoms with van der Waals surface area (Å²) in [5.74, 6) is 1.59. The molecule has 0 unspecified atom stereocenters. The van der Waals surface area contributed by atoms with Gasteiger partial charge in [0.2, 0.25) is 0 Å². The summed E-state index contributed by atoms with van der Waals surface area (Å²) < 4.78 is 46.6. The molecule has 0 saturated carbocycles. The van der Waals surface area contributed by atoms with Crippen LogP contribution in [-0.4, -0.2) is 32.4 Å². The van der Waals surface area contributed by atoms with E-state index in [2.05, 4.69) is 15.6 Å². The fourth-order valence-corrected chi connectivity index (χ4v) is 2.40. The van der Waals surface area contributed by atoms with Gasteiger partial charge in [-0.15, -0.1) is 24.0 Å². The topological polar surface area (TPSA) is 54.9 Å². The van der Waals surface area contributed by atoms with Crippen molar-refractivity contribution in [2.75, 3.05) is 20.3 Å². The second kappa shape index (κ2) is 12.4. The number of aliphatic imine (C=N–C) groups is 1. The van der Waals surface area contributed by atoms with Crippen LogP contribution >= 0.6 is 24.0 Å². The minimum absolute atomic E-state index is 0. The average molecular weight is 523 g/mol. The van der Waals surface area contributed by atoms with Gasteiger partial charge in [0.25, 0.3) is 0 Å². The number of alkyl halides is 3. The van der Waals surface area contributed by atoms with E-state index in [1.165, 1.54) is 12.1 Å². The largest absolute Gasteiger partial charge is 0.496 e. The first-order valence-corrected chi connectivity index (χ1v) is 8.84. The van der Waals surface area contributed by atoms with Crippen LogP contribution in [0, 0.1) is 0 Å². The van der Waals surface area contributed by atoms with Gasteiger partial charge in [-0.1, -0.05) is 30.3 Å². The van der Waals surface area contributed by atoms with Crippen molar-refractivity contribution >= 4 is 29.9 Å². The highest BCUT2D eigenvalue weighted by Crippen LogP contribution is 2.19. The zero-order valence-electron chi connectivity index (χ0n) is 16.3. The van der Waals surface area contributed by atoms with Crippen LogP contribution in [0.2, 0.25) is 0 Å². The van der Waals surface area contributed by atoms with Gasteiger partial charge in [-0.05, 0) is 30.7 Å². The van der Waals surface area contributed by atoms with E-state index in [-0.39, 0.29) is 29.7 Å². The van der Waals surface area contributed by atoms with Crippen molar-refractivity contribution in [2.24, 2.45) is 4.99 Å². The number of benzene rings is 2. The fourth-order valence-electron chi connectivity index (χ4n) is 2.40. The number of hydrogen-bond donors (Lipinski definition) is 2. The Kier molecular flexibility index (Phi) is 10.6. The predicted molar refractivity (Wildman–Crippen MR) is 118 cm³/mol. The first-order chi connectivity index (χ1) is 13.4. The fraction of sp³-hybridized carbons (Fsp3) is 0.350. The standard InChI is InChI=1S/C20H24F3N3O2.HI/c1-3-24-19(26-13-16-6-4-5-7-18(16)27-2)25-12-15-8-10-17(11-9-15)28-14-20(21,22)23;/h4-11H,3,12-14H2,1-2H3,(H2,24,25,26);1H. The van der Waals surface area contributed by atoms with Gasteiger partial charge >= 0.3 is 6.18 Å². The number of methoxy groups -OCH3 is 1. The van der Waals surface area contributed by atoms with Gasteiger partial charge in [0, 0.05) is 18.7 Å². The Morgan fingerprint density at radius 3 is 2.34 bits per heavy atom. The molecule has 0 bridgehead atoms. The lowest BCUT2D eigenvalue weighted by Gasteiger charge is -2.13. The molecule has 2 aromatic carbocycles. The summed E-state index contributed by atoms with van der Waals surface area (Å²) in [4.78, 5) is 4.50. The minimum atomic E-state index is -4.35. The molecule has 29 heavy (non-hydrogen) atoms. The molecule has 2 rings (SSSR count). The van der Waals surface area contributed by atoms with Gasteiger partial charge < -0.3 is 20.1 Å². The summed E-state index contributed by atoms with van der Waals surface area (Å²) in [6.07, 6.45) is -4.35. The van der Waals surface area contributed by atoms with Crippen molar-refractivity contribution in [1.29, 1.82) is 0 Å². The first kappa shape index (κ1) is 24.9. The molecule has 5 nitrogen and oxygen atoms in total. The van der Waals surface area contributed by atoms with Crippen molar-refractivity contribution in [2.45, 2.75) is 26.2 Å². The molecule has 2 aromatic rings. The normalized spacial score (nSPS) is 11.4. The number of nitrogens with zero attached hydrogens (tertiary/aromatic N) is 1. The molecule has 0 aliphatic heterocycles. The monoisotopic (exact) mass is 523 g/mol. The number of ether oxygens (including phenoxy) is 2. The molecule has 0 aromatic heterocycles. The second-order valence-corrected chi connectivity index (χ2v) is 5.91. The van der Waals surface area contributed by atoms with Crippen LogP contribution in [-0.2, 0) is 13.1 Å². The number of nitrogens with one attached hydrogen (secondary N) is 2. The smallest absolute Gasteiger partial charge is 0.422 e. The summed E-state index contributed by atoms with van der Waals surface area (Å²) in [5.41, 5.74) is 1.86. The lowest BCUT2D eigenvalue weighted by Crippen LogP contribution is -2.36. The molecule has 0 aliphatic carbocycles. The first-order valence-electron chi connectivity index (χ1n) is 8.84. The van der Waals surface area contributed by atoms with E-state index in [1.807, 2.05) is 31.2 Å². The number of guanidine groups is 1. The predicted octanol–water partition coefficient (Wildman–Crippen LogP) is 4.51. The Labute approximate surface area is 185 Å². The molecule has 2 N–H and O–H groups in total. The van der Waals surface area contributed by atoms with Crippen LogP contribution in [0.4, 0.5) is 13.2 Å². The molecule has 9 heteroatoms. The summed E-state index contributed by atoms with van der Waals surface area (Å²) in [6.45, 7) is 2.28. The maximum atomic E-state index is 12.2. The second-order valence-electron chi connectivity index (χ2n) is 5.91. The van der Waals surface area contributed by atoms with Crippen molar-refractivity contribution in [3.8, 4) is 11.5 Å². The molecule has 160 valence electrons. The SMILES string of the molecule is CCNC(=NCc1ccc(OCC(F)(F)F)cc1)NCc1ccccc1OC.I. The van der Waals surface area contributed by atoms with Gasteiger partial charge in [0.15, 0.2) is 12.6 Å². The Balaban J connectivity index is 0.00000420. The third-order valence-corrected chi connectivity index (χ3v) is 3.73. The summed E-state index contributed by atoms with van der Waals surface area (Å²) in [5, 5.41) is 6.40. The van der Waals surface area contributed by atoms with Gasteiger partial charge in [0.1, 0.15) is 11.5 Å². The number of para-hydroxylation sites is 1. The van der Waals surface area contributed by atoms with Gasteiger partial charge in [-0.2, -0.15) is 13.2 Å². The van der Waals surface area contributed by atoms with Gasteiger partial charge in [-0.3, -0.25) is 0 Å². The van der Waals surface area contributed by atoms with Gasteiger partial charge in [0.05, 0.1) is 13.7 Å². The molecule has 0 heterocycles. The maximum Gasteiger partial charge on any atom is 0.422 e. The summed E-state index contributed by atoms with van der Waals surface area (Å²) in [7, 11) is 1.63. The number of halogens is 4. The van der Waals surface area contributed by atoms with Gasteiger partial charge in [-0.25, -0.2) is 4.99 Å². The van der Waals surface area contributed by atoms with E-state index < -0.39 is 12.8 Å². The Bertz CT molecular complexity index is 768. The average Bonchev–Trinajstić information content (AvgIpc) is 2.69. The minimum Gasteiger partial charge on any atom is -0.496 e. The van der Waals surface area contributed by atoms with Crippen molar-refractivity contribution in [3.05, 3.63) is 59.7 Å². The van der Waals surface area contributed by atoms with E-state index in [0.717, 1.165) is 16.9 Å². The number of hydrogen-bond acceptors (Lipinski definition) is 3. The molecule has 0 fully saturated rings. The lowest BCUT2D eigenvalue weighted by atomic mass is 10.2. The molecule has 0 aliphatic rings. The van der Waals surface area contributed by atoms with E-state index in [9.17, 15) is 13.2 Å². The van der Waals surface area contributed by atoms with E-state index in [0.29, 0.717) is 25.6 Å². The Morgan fingerprint density at radius 2 is 1.72 bits per heavy atom. The zero-order valence-corrected chi connectivity index (χ0v) is 18.6. The summed E-state index contributed by atoms with van der Waals surface area (Å²) >= 11 is 0. The lowest BCUT2D eigenvalue weighted by molar-refractivity contribution is -0.153. The Hall–Kier alpha value is -2.17. The highest BCUT2D eigenvalue weighted by atomic mass is 127. The highest BCUT2D eigenvalue weighted by molar-refractivity contribution is 14.0.